The summed E-state index contributed by atoms with van der Waals surface area (Å²) in [5, 5.41) is 16.3. The highest BCUT2D eigenvalue weighted by atomic mass is 16.5. The third-order valence-corrected chi connectivity index (χ3v) is 6.06. The van der Waals surface area contributed by atoms with Crippen LogP contribution in [0.25, 0.3) is 0 Å². The molecule has 0 radical (unpaired) electrons. The van der Waals surface area contributed by atoms with E-state index in [1.165, 1.54) is 64.2 Å². The molecule has 2 N–H and O–H groups in total. The van der Waals surface area contributed by atoms with Gasteiger partial charge in [0.15, 0.2) is 0 Å². The van der Waals surface area contributed by atoms with Crippen molar-refractivity contribution in [1.29, 1.82) is 0 Å². The topological polar surface area (TPSA) is 127 Å². The lowest BCUT2D eigenvalue weighted by molar-refractivity contribution is -0.146. The summed E-state index contributed by atoms with van der Waals surface area (Å²) < 4.78 is 10.5. The molecule has 0 heterocycles. The number of carbonyl (C=O) groups is 4. The second-order valence-corrected chi connectivity index (χ2v) is 9.89. The van der Waals surface area contributed by atoms with Crippen LogP contribution in [0.5, 0.6) is 0 Å². The molecule has 0 aromatic carbocycles. The van der Waals surface area contributed by atoms with Crippen LogP contribution in [0.3, 0.4) is 0 Å². The van der Waals surface area contributed by atoms with Crippen molar-refractivity contribution >= 4 is 23.9 Å². The number of carbonyl (C=O) groups excluding carboxylic acids is 2. The average Bonchev–Trinajstić information content (AvgIpc) is 2.88. The number of esters is 2. The lowest BCUT2D eigenvalue weighted by Crippen LogP contribution is -2.08. The predicted octanol–water partition coefficient (Wildman–Crippen LogP) is 7.85. The Hall–Kier alpha value is -2.12. The van der Waals surface area contributed by atoms with Crippen molar-refractivity contribution in [3.8, 4) is 0 Å². The van der Waals surface area contributed by atoms with Crippen LogP contribution in [0.4, 0.5) is 0 Å². The second kappa shape index (κ2) is 31.1. The molecular weight excluding hydrogens is 488 g/mol. The van der Waals surface area contributed by atoms with Gasteiger partial charge in [-0.2, -0.15) is 0 Å². The first kappa shape index (κ1) is 38.0. The average molecular weight is 545 g/mol. The molecule has 0 bridgehead atoms. The van der Waals surface area contributed by atoms with Crippen molar-refractivity contribution in [3.05, 3.63) is 0 Å². The van der Waals surface area contributed by atoms with Crippen molar-refractivity contribution < 1.29 is 38.9 Å². The Morgan fingerprint density at radius 2 is 0.711 bits per heavy atom. The quantitative estimate of drug-likeness (QED) is 0.0832. The van der Waals surface area contributed by atoms with E-state index in [1.807, 2.05) is 0 Å². The Balaban J connectivity index is 0. The van der Waals surface area contributed by atoms with Gasteiger partial charge in [-0.05, 0) is 38.5 Å². The molecule has 0 rings (SSSR count). The summed E-state index contributed by atoms with van der Waals surface area (Å²) in [7, 11) is 0. The minimum Gasteiger partial charge on any atom is -0.481 e. The number of carboxylic acid groups (broad SMARTS) is 2. The van der Waals surface area contributed by atoms with Crippen LogP contribution in [0.15, 0.2) is 0 Å². The Labute approximate surface area is 231 Å². The van der Waals surface area contributed by atoms with Gasteiger partial charge in [0.2, 0.25) is 0 Å². The van der Waals surface area contributed by atoms with Crippen LogP contribution in [-0.2, 0) is 28.7 Å². The van der Waals surface area contributed by atoms with E-state index < -0.39 is 11.9 Å². The summed E-state index contributed by atoms with van der Waals surface area (Å²) in [6.45, 7) is 5.51. The first-order valence-corrected chi connectivity index (χ1v) is 15.1. The zero-order chi connectivity index (χ0) is 28.7. The molecule has 0 aromatic heterocycles. The SMILES string of the molecule is CCCCCCCCCCOC(=O)CCCCC(=O)OCCCCCCCC.O=C(O)CCCCC(=O)O. The molecule has 0 spiro atoms. The molecule has 0 saturated carbocycles. The molecule has 38 heavy (non-hydrogen) atoms. The fourth-order valence-electron chi connectivity index (χ4n) is 3.73. The number of rotatable bonds is 26. The molecule has 0 aliphatic rings. The van der Waals surface area contributed by atoms with Crippen molar-refractivity contribution in [3.63, 3.8) is 0 Å². The lowest BCUT2D eigenvalue weighted by atomic mass is 10.1. The number of unbranched alkanes of at least 4 members (excludes halogenated alkanes) is 14. The maximum Gasteiger partial charge on any atom is 0.305 e. The van der Waals surface area contributed by atoms with Crippen LogP contribution >= 0.6 is 0 Å². The third kappa shape index (κ3) is 36.0. The summed E-state index contributed by atoms with van der Waals surface area (Å²) in [5.41, 5.74) is 0. The van der Waals surface area contributed by atoms with Crippen LogP contribution < -0.4 is 0 Å². The number of aliphatic carboxylic acids is 2. The Morgan fingerprint density at radius 3 is 1.03 bits per heavy atom. The minimum absolute atomic E-state index is 0.0628. The number of carboxylic acids is 2. The van der Waals surface area contributed by atoms with Gasteiger partial charge in [0.1, 0.15) is 0 Å². The molecule has 0 aromatic rings. The first-order valence-electron chi connectivity index (χ1n) is 15.1. The summed E-state index contributed by atoms with van der Waals surface area (Å²) >= 11 is 0. The molecule has 0 atom stereocenters. The number of hydrogen-bond acceptors (Lipinski definition) is 6. The maximum atomic E-state index is 11.7. The van der Waals surface area contributed by atoms with E-state index in [-0.39, 0.29) is 24.8 Å². The number of ether oxygens (including phenoxy) is 2. The molecular formula is C30H56O8. The standard InChI is InChI=1S/C24H46O4.C6H10O4/c1-3-5-7-9-11-12-14-18-22-28-24(26)20-16-15-19-23(25)27-21-17-13-10-8-6-4-2;7-5(8)3-1-2-4-6(9)10/h3-22H2,1-2H3;1-4H2,(H,7,8)(H,9,10). The van der Waals surface area contributed by atoms with Crippen molar-refractivity contribution in [1.82, 2.24) is 0 Å². The highest BCUT2D eigenvalue weighted by Gasteiger charge is 2.06. The van der Waals surface area contributed by atoms with Gasteiger partial charge in [-0.1, -0.05) is 90.9 Å². The second-order valence-electron chi connectivity index (χ2n) is 9.89. The molecule has 224 valence electrons. The largest absolute Gasteiger partial charge is 0.481 e. The molecule has 0 fully saturated rings. The monoisotopic (exact) mass is 544 g/mol. The van der Waals surface area contributed by atoms with Crippen molar-refractivity contribution in [2.75, 3.05) is 13.2 Å². The maximum absolute atomic E-state index is 11.7. The fourth-order valence-corrected chi connectivity index (χ4v) is 3.73. The number of hydrogen-bond donors (Lipinski definition) is 2. The minimum atomic E-state index is -0.870. The van der Waals surface area contributed by atoms with E-state index >= 15 is 0 Å². The van der Waals surface area contributed by atoms with E-state index in [1.54, 1.807) is 0 Å². The van der Waals surface area contributed by atoms with E-state index in [9.17, 15) is 19.2 Å². The normalized spacial score (nSPS) is 10.4. The highest BCUT2D eigenvalue weighted by Crippen LogP contribution is 2.09. The molecule has 8 nitrogen and oxygen atoms in total. The van der Waals surface area contributed by atoms with Crippen LogP contribution in [-0.4, -0.2) is 47.3 Å². The molecule has 8 heteroatoms. The van der Waals surface area contributed by atoms with Gasteiger partial charge in [0.05, 0.1) is 13.2 Å². The summed E-state index contributed by atoms with van der Waals surface area (Å²) in [6.07, 6.45) is 20.3. The van der Waals surface area contributed by atoms with Gasteiger partial charge in [-0.15, -0.1) is 0 Å². The van der Waals surface area contributed by atoms with E-state index in [2.05, 4.69) is 13.8 Å². The van der Waals surface area contributed by atoms with E-state index in [4.69, 9.17) is 19.7 Å². The molecule has 0 aliphatic carbocycles. The fraction of sp³-hybridized carbons (Fsp3) is 0.867. The first-order chi connectivity index (χ1) is 18.3. The Kier molecular flexibility index (Phi) is 31.1. The van der Waals surface area contributed by atoms with E-state index in [0.29, 0.717) is 51.7 Å². The molecule has 0 aliphatic heterocycles. The van der Waals surface area contributed by atoms with Crippen LogP contribution in [0.1, 0.15) is 155 Å². The van der Waals surface area contributed by atoms with Gasteiger partial charge in [0, 0.05) is 25.7 Å². The third-order valence-electron chi connectivity index (χ3n) is 6.06. The van der Waals surface area contributed by atoms with Gasteiger partial charge in [-0.25, -0.2) is 0 Å². The van der Waals surface area contributed by atoms with E-state index in [0.717, 1.165) is 25.7 Å². The van der Waals surface area contributed by atoms with Gasteiger partial charge in [-0.3, -0.25) is 19.2 Å². The van der Waals surface area contributed by atoms with Crippen LogP contribution in [0.2, 0.25) is 0 Å². The summed E-state index contributed by atoms with van der Waals surface area (Å²) in [5.74, 6) is -2.01. The van der Waals surface area contributed by atoms with Crippen LogP contribution in [0, 0.1) is 0 Å². The zero-order valence-corrected chi connectivity index (χ0v) is 24.3. The predicted molar refractivity (Wildman–Crippen MR) is 150 cm³/mol. The van der Waals surface area contributed by atoms with Gasteiger partial charge >= 0.3 is 23.9 Å². The lowest BCUT2D eigenvalue weighted by Gasteiger charge is -2.06. The molecule has 0 unspecified atom stereocenters. The highest BCUT2D eigenvalue weighted by molar-refractivity contribution is 5.70. The van der Waals surface area contributed by atoms with Gasteiger partial charge < -0.3 is 19.7 Å². The zero-order valence-electron chi connectivity index (χ0n) is 24.3. The van der Waals surface area contributed by atoms with Crippen molar-refractivity contribution in [2.24, 2.45) is 0 Å². The summed E-state index contributed by atoms with van der Waals surface area (Å²) in [4.78, 5) is 43.1. The Morgan fingerprint density at radius 1 is 0.421 bits per heavy atom. The summed E-state index contributed by atoms with van der Waals surface area (Å²) in [6, 6.07) is 0. The Bertz CT molecular complexity index is 561. The van der Waals surface area contributed by atoms with Gasteiger partial charge in [0.25, 0.3) is 0 Å². The molecule has 0 amide bonds. The van der Waals surface area contributed by atoms with Crippen molar-refractivity contribution in [2.45, 2.75) is 155 Å². The smallest absolute Gasteiger partial charge is 0.305 e. The molecule has 0 saturated heterocycles.